The molecule has 1 N–H and O–H groups in total. The number of rotatable bonds is 5. The molecule has 0 aromatic rings. The Morgan fingerprint density at radius 3 is 2.06 bits per heavy atom. The maximum absolute atomic E-state index is 3.50. The van der Waals surface area contributed by atoms with Crippen molar-refractivity contribution >= 4 is 0 Å². The summed E-state index contributed by atoms with van der Waals surface area (Å²) in [6, 6.07) is 0. The summed E-state index contributed by atoms with van der Waals surface area (Å²) in [6.45, 7) is 16.9. The zero-order valence-corrected chi connectivity index (χ0v) is 12.4. The molecule has 0 atom stereocenters. The van der Waals surface area contributed by atoms with E-state index in [1.165, 1.54) is 18.4 Å². The second-order valence-electron chi connectivity index (χ2n) is 7.08. The van der Waals surface area contributed by atoms with Crippen molar-refractivity contribution in [3.63, 3.8) is 0 Å². The van der Waals surface area contributed by atoms with Gasteiger partial charge in [-0.25, -0.2) is 0 Å². The Labute approximate surface area is 103 Å². The highest BCUT2D eigenvalue weighted by Gasteiger charge is 2.09. The fraction of sp³-hybridized carbons (Fsp3) is 0.867. The molecule has 0 radical (unpaired) electrons. The molecule has 0 fully saturated rings. The number of allylic oxidation sites excluding steroid dienone is 1. The van der Waals surface area contributed by atoms with Crippen molar-refractivity contribution < 1.29 is 0 Å². The molecule has 0 amide bonds. The zero-order chi connectivity index (χ0) is 12.8. The van der Waals surface area contributed by atoms with Gasteiger partial charge < -0.3 is 5.32 Å². The van der Waals surface area contributed by atoms with Crippen LogP contribution in [0, 0.1) is 5.41 Å². The molecule has 1 heteroatoms. The molecule has 0 heterocycles. The minimum atomic E-state index is 0.243. The highest BCUT2D eigenvalue weighted by Crippen LogP contribution is 2.23. The summed E-state index contributed by atoms with van der Waals surface area (Å²) < 4.78 is 0. The van der Waals surface area contributed by atoms with Crippen LogP contribution in [0.25, 0.3) is 0 Å². The molecule has 0 spiro atoms. The van der Waals surface area contributed by atoms with Gasteiger partial charge >= 0.3 is 0 Å². The summed E-state index contributed by atoms with van der Waals surface area (Å²) in [6.07, 6.45) is 6.04. The quantitative estimate of drug-likeness (QED) is 0.535. The van der Waals surface area contributed by atoms with E-state index in [4.69, 9.17) is 0 Å². The van der Waals surface area contributed by atoms with Crippen molar-refractivity contribution in [1.82, 2.24) is 5.32 Å². The molecule has 0 bridgehead atoms. The van der Waals surface area contributed by atoms with Gasteiger partial charge in [-0.1, -0.05) is 32.4 Å². The Hall–Kier alpha value is -0.300. The van der Waals surface area contributed by atoms with Crippen LogP contribution in [0.2, 0.25) is 0 Å². The van der Waals surface area contributed by atoms with Crippen LogP contribution in [0.15, 0.2) is 11.6 Å². The van der Waals surface area contributed by atoms with Crippen LogP contribution >= 0.6 is 0 Å². The topological polar surface area (TPSA) is 12.0 Å². The predicted octanol–water partition coefficient (Wildman–Crippen LogP) is 4.54. The van der Waals surface area contributed by atoms with Crippen LogP contribution in [0.5, 0.6) is 0 Å². The van der Waals surface area contributed by atoms with E-state index >= 15 is 0 Å². The van der Waals surface area contributed by atoms with Gasteiger partial charge in [-0.2, -0.15) is 0 Å². The number of hydrogen-bond acceptors (Lipinski definition) is 1. The summed E-state index contributed by atoms with van der Waals surface area (Å²) in [4.78, 5) is 0. The molecule has 0 aromatic carbocycles. The Morgan fingerprint density at radius 1 is 1.06 bits per heavy atom. The van der Waals surface area contributed by atoms with Crippen molar-refractivity contribution in [2.24, 2.45) is 5.41 Å². The lowest BCUT2D eigenvalue weighted by molar-refractivity contribution is 0.377. The fourth-order valence-electron chi connectivity index (χ4n) is 1.44. The Bertz CT molecular complexity index is 213. The molecule has 1 nitrogen and oxygen atoms in total. The van der Waals surface area contributed by atoms with E-state index in [1.54, 1.807) is 0 Å². The van der Waals surface area contributed by atoms with E-state index < -0.39 is 0 Å². The van der Waals surface area contributed by atoms with Crippen molar-refractivity contribution in [2.45, 2.75) is 73.3 Å². The molecule has 0 unspecified atom stereocenters. The van der Waals surface area contributed by atoms with Crippen molar-refractivity contribution in [1.29, 1.82) is 0 Å². The smallest absolute Gasteiger partial charge is 0.00966 e. The first-order chi connectivity index (χ1) is 7.10. The lowest BCUT2D eigenvalue weighted by atomic mass is 9.89. The van der Waals surface area contributed by atoms with Crippen LogP contribution in [-0.4, -0.2) is 12.1 Å². The molecule has 0 saturated carbocycles. The normalized spacial score (nSPS) is 14.3. The van der Waals surface area contributed by atoms with Gasteiger partial charge in [0.1, 0.15) is 0 Å². The zero-order valence-electron chi connectivity index (χ0n) is 12.4. The van der Waals surface area contributed by atoms with Crippen molar-refractivity contribution in [3.8, 4) is 0 Å². The van der Waals surface area contributed by atoms with Gasteiger partial charge in [0.25, 0.3) is 0 Å². The van der Waals surface area contributed by atoms with E-state index in [1.807, 2.05) is 0 Å². The van der Waals surface area contributed by atoms with Gasteiger partial charge in [-0.3, -0.25) is 0 Å². The molecular weight excluding hydrogens is 194 g/mol. The van der Waals surface area contributed by atoms with Crippen LogP contribution in [0.4, 0.5) is 0 Å². The molecule has 96 valence electrons. The molecule has 0 aliphatic carbocycles. The molecule has 0 saturated heterocycles. The lowest BCUT2D eigenvalue weighted by Crippen LogP contribution is -2.36. The first-order valence-electron chi connectivity index (χ1n) is 6.51. The Morgan fingerprint density at radius 2 is 1.62 bits per heavy atom. The van der Waals surface area contributed by atoms with Gasteiger partial charge in [-0.05, 0) is 58.9 Å². The molecule has 0 rings (SSSR count). The van der Waals surface area contributed by atoms with E-state index in [0.29, 0.717) is 5.41 Å². The molecule has 0 aromatic heterocycles. The Kier molecular flexibility index (Phi) is 6.32. The first kappa shape index (κ1) is 15.7. The van der Waals surface area contributed by atoms with Crippen molar-refractivity contribution in [2.75, 3.05) is 6.54 Å². The highest BCUT2D eigenvalue weighted by molar-refractivity contribution is 4.98. The SMILES string of the molecule is CC(=CCCNC(C)(C)C)CCC(C)(C)C. The standard InChI is InChI=1S/C15H31N/c1-13(10-11-14(2,3)4)9-8-12-16-15(5,6)7/h9,16H,8,10-12H2,1-7H3. The third kappa shape index (κ3) is 11.8. The highest BCUT2D eigenvalue weighted by atomic mass is 14.9. The van der Waals surface area contributed by atoms with Crippen LogP contribution in [0.3, 0.4) is 0 Å². The minimum absolute atomic E-state index is 0.243. The van der Waals surface area contributed by atoms with Gasteiger partial charge in [0.2, 0.25) is 0 Å². The summed E-state index contributed by atoms with van der Waals surface area (Å²) in [5.41, 5.74) is 2.23. The van der Waals surface area contributed by atoms with Crippen LogP contribution in [0.1, 0.15) is 67.7 Å². The molecule has 0 aliphatic rings. The van der Waals surface area contributed by atoms with E-state index in [2.05, 4.69) is 59.9 Å². The molecule has 0 aliphatic heterocycles. The summed E-state index contributed by atoms with van der Waals surface area (Å²) in [5, 5.41) is 3.50. The molecular formula is C15H31N. The minimum Gasteiger partial charge on any atom is -0.312 e. The van der Waals surface area contributed by atoms with Gasteiger partial charge in [0.15, 0.2) is 0 Å². The first-order valence-corrected chi connectivity index (χ1v) is 6.51. The predicted molar refractivity (Wildman–Crippen MR) is 74.8 cm³/mol. The van der Waals surface area contributed by atoms with Gasteiger partial charge in [0, 0.05) is 5.54 Å². The summed E-state index contributed by atoms with van der Waals surface area (Å²) in [5.74, 6) is 0. The lowest BCUT2D eigenvalue weighted by Gasteiger charge is -2.20. The van der Waals surface area contributed by atoms with Gasteiger partial charge in [-0.15, -0.1) is 0 Å². The van der Waals surface area contributed by atoms with Gasteiger partial charge in [0.05, 0.1) is 0 Å². The third-order valence-corrected chi connectivity index (χ3v) is 2.56. The third-order valence-electron chi connectivity index (χ3n) is 2.56. The van der Waals surface area contributed by atoms with E-state index in [0.717, 1.165) is 13.0 Å². The largest absolute Gasteiger partial charge is 0.312 e. The molecule has 16 heavy (non-hydrogen) atoms. The van der Waals surface area contributed by atoms with Crippen LogP contribution < -0.4 is 5.32 Å². The number of nitrogens with one attached hydrogen (secondary N) is 1. The van der Waals surface area contributed by atoms with Crippen LogP contribution in [-0.2, 0) is 0 Å². The average molecular weight is 225 g/mol. The summed E-state index contributed by atoms with van der Waals surface area (Å²) >= 11 is 0. The van der Waals surface area contributed by atoms with Crippen molar-refractivity contribution in [3.05, 3.63) is 11.6 Å². The fourth-order valence-corrected chi connectivity index (χ4v) is 1.44. The Balaban J connectivity index is 3.72. The maximum atomic E-state index is 3.50. The average Bonchev–Trinajstić information content (AvgIpc) is 2.06. The van der Waals surface area contributed by atoms with E-state index in [-0.39, 0.29) is 5.54 Å². The monoisotopic (exact) mass is 225 g/mol. The number of hydrogen-bond donors (Lipinski definition) is 1. The van der Waals surface area contributed by atoms with E-state index in [9.17, 15) is 0 Å². The second-order valence-corrected chi connectivity index (χ2v) is 7.08. The second kappa shape index (κ2) is 6.44. The maximum Gasteiger partial charge on any atom is 0.00966 e. The summed E-state index contributed by atoms with van der Waals surface area (Å²) in [7, 11) is 0.